The topological polar surface area (TPSA) is 114 Å². The van der Waals surface area contributed by atoms with Crippen molar-refractivity contribution >= 4 is 23.7 Å². The van der Waals surface area contributed by atoms with Crippen LogP contribution >= 0.6 is 11.8 Å². The number of H-pyrrole nitrogens is 1. The highest BCUT2D eigenvalue weighted by molar-refractivity contribution is 8.00. The van der Waals surface area contributed by atoms with Crippen LogP contribution in [0.15, 0.2) is 5.16 Å². The van der Waals surface area contributed by atoms with Gasteiger partial charge in [-0.25, -0.2) is 9.78 Å². The minimum absolute atomic E-state index is 0.440. The molecule has 0 bridgehead atoms. The van der Waals surface area contributed by atoms with Crippen LogP contribution in [0.5, 0.6) is 0 Å². The number of amides is 3. The van der Waals surface area contributed by atoms with E-state index in [9.17, 15) is 9.59 Å². The number of carbonyl (C=O) groups is 2. The number of nitrogens with one attached hydrogen (secondary N) is 2. The predicted molar refractivity (Wildman–Crippen MR) is 75.1 cm³/mol. The Morgan fingerprint density at radius 1 is 1.50 bits per heavy atom. The molecule has 20 heavy (non-hydrogen) atoms. The van der Waals surface area contributed by atoms with Crippen molar-refractivity contribution in [3.8, 4) is 0 Å². The zero-order chi connectivity index (χ0) is 14.5. The van der Waals surface area contributed by atoms with E-state index in [4.69, 9.17) is 5.73 Å². The summed E-state index contributed by atoms with van der Waals surface area (Å²) in [5.41, 5.74) is 4.90. The van der Waals surface area contributed by atoms with Crippen LogP contribution in [0, 0.1) is 5.92 Å². The Labute approximate surface area is 121 Å². The molecule has 0 spiro atoms. The number of urea groups is 1. The lowest BCUT2D eigenvalue weighted by molar-refractivity contribution is -0.119. The molecule has 0 aliphatic heterocycles. The van der Waals surface area contributed by atoms with E-state index in [0.717, 1.165) is 12.2 Å². The minimum atomic E-state index is -0.848. The van der Waals surface area contributed by atoms with Crippen LogP contribution in [0.3, 0.4) is 0 Å². The Morgan fingerprint density at radius 2 is 2.20 bits per heavy atom. The first kappa shape index (κ1) is 14.8. The van der Waals surface area contributed by atoms with Crippen molar-refractivity contribution in [2.24, 2.45) is 11.7 Å². The molecule has 1 atom stereocenters. The van der Waals surface area contributed by atoms with Crippen LogP contribution < -0.4 is 11.1 Å². The number of thioether (sulfide) groups is 1. The number of primary amides is 1. The van der Waals surface area contributed by atoms with Gasteiger partial charge in [0, 0.05) is 6.42 Å². The lowest BCUT2D eigenvalue weighted by Gasteiger charge is -2.06. The first-order chi connectivity index (χ1) is 9.54. The molecule has 3 amide bonds. The van der Waals surface area contributed by atoms with E-state index in [2.05, 4.69) is 15.2 Å². The number of hydrogen-bond acceptors (Lipinski definition) is 5. The van der Waals surface area contributed by atoms with Crippen LogP contribution in [0.1, 0.15) is 38.4 Å². The number of rotatable bonds is 5. The summed E-state index contributed by atoms with van der Waals surface area (Å²) >= 11 is 1.20. The van der Waals surface area contributed by atoms with Gasteiger partial charge in [-0.2, -0.15) is 0 Å². The minimum Gasteiger partial charge on any atom is -0.351 e. The Kier molecular flexibility index (Phi) is 4.99. The van der Waals surface area contributed by atoms with Gasteiger partial charge in [0.1, 0.15) is 5.82 Å². The molecule has 2 rings (SSSR count). The number of hydrogen-bond donors (Lipinski definition) is 3. The molecule has 7 nitrogen and oxygen atoms in total. The van der Waals surface area contributed by atoms with Gasteiger partial charge in [0.05, 0.1) is 5.25 Å². The summed E-state index contributed by atoms with van der Waals surface area (Å²) < 4.78 is 0. The third-order valence-corrected chi connectivity index (χ3v) is 4.33. The fourth-order valence-corrected chi connectivity index (χ4v) is 3.09. The third kappa shape index (κ3) is 4.22. The van der Waals surface area contributed by atoms with Crippen LogP contribution in [0.2, 0.25) is 0 Å². The maximum absolute atomic E-state index is 11.5. The number of nitrogens with zero attached hydrogens (tertiary/aromatic N) is 2. The van der Waals surface area contributed by atoms with Crippen molar-refractivity contribution in [1.82, 2.24) is 20.5 Å². The summed E-state index contributed by atoms with van der Waals surface area (Å²) in [6.45, 7) is 1.68. The summed E-state index contributed by atoms with van der Waals surface area (Å²) in [5, 5.41) is 9.09. The first-order valence-corrected chi connectivity index (χ1v) is 7.61. The quantitative estimate of drug-likeness (QED) is 0.707. The van der Waals surface area contributed by atoms with Crippen molar-refractivity contribution in [1.29, 1.82) is 0 Å². The summed E-state index contributed by atoms with van der Waals surface area (Å²) in [6.07, 6.45) is 6.01. The largest absolute Gasteiger partial charge is 0.351 e. The van der Waals surface area contributed by atoms with E-state index in [1.807, 2.05) is 5.32 Å². The second-order valence-electron chi connectivity index (χ2n) is 5.03. The fraction of sp³-hybridized carbons (Fsp3) is 0.667. The monoisotopic (exact) mass is 297 g/mol. The maximum Gasteiger partial charge on any atom is 0.318 e. The van der Waals surface area contributed by atoms with Gasteiger partial charge in [0.15, 0.2) is 0 Å². The highest BCUT2D eigenvalue weighted by Gasteiger charge is 2.20. The van der Waals surface area contributed by atoms with Gasteiger partial charge < -0.3 is 5.73 Å². The molecule has 0 unspecified atom stereocenters. The third-order valence-electron chi connectivity index (χ3n) is 3.37. The second-order valence-corrected chi connectivity index (χ2v) is 6.34. The zero-order valence-electron chi connectivity index (χ0n) is 11.4. The summed E-state index contributed by atoms with van der Waals surface area (Å²) in [4.78, 5) is 26.5. The molecule has 0 saturated heterocycles. The number of nitrogens with two attached hydrogens (primary N) is 1. The standard InChI is InChI=1S/C12H19N5O2S/c1-7(10(18)15-11(13)19)20-12-14-9(16-17-12)6-8-4-2-3-5-8/h7-8H,2-6H2,1H3,(H,14,16,17)(H3,13,15,18,19)/t7-/m0/s1. The Bertz CT molecular complexity index is 484. The van der Waals surface area contributed by atoms with Crippen molar-refractivity contribution in [2.75, 3.05) is 0 Å². The maximum atomic E-state index is 11.5. The van der Waals surface area contributed by atoms with Gasteiger partial charge in [-0.1, -0.05) is 37.4 Å². The summed E-state index contributed by atoms with van der Waals surface area (Å²) in [7, 11) is 0. The average molecular weight is 297 g/mol. The molecule has 1 aromatic rings. The first-order valence-electron chi connectivity index (χ1n) is 6.73. The van der Waals surface area contributed by atoms with E-state index in [1.54, 1.807) is 6.92 Å². The number of aromatic amines is 1. The summed E-state index contributed by atoms with van der Waals surface area (Å²) in [6, 6.07) is -0.848. The Hall–Kier alpha value is -1.57. The Balaban J connectivity index is 1.85. The van der Waals surface area contributed by atoms with E-state index in [1.165, 1.54) is 37.4 Å². The molecular formula is C12H19N5O2S. The molecule has 0 radical (unpaired) electrons. The van der Waals surface area contributed by atoms with Crippen LogP contribution in [-0.4, -0.2) is 32.4 Å². The van der Waals surface area contributed by atoms with Gasteiger partial charge in [0.25, 0.3) is 0 Å². The number of carbonyl (C=O) groups excluding carboxylic acids is 2. The van der Waals surface area contributed by atoms with Gasteiger partial charge in [-0.15, -0.1) is 5.10 Å². The molecule has 1 heterocycles. The molecule has 1 aliphatic rings. The van der Waals surface area contributed by atoms with Gasteiger partial charge in [-0.3, -0.25) is 15.2 Å². The molecule has 1 saturated carbocycles. The van der Waals surface area contributed by atoms with E-state index in [-0.39, 0.29) is 0 Å². The fourth-order valence-electron chi connectivity index (χ4n) is 2.34. The highest BCUT2D eigenvalue weighted by Crippen LogP contribution is 2.27. The molecule has 1 aromatic heterocycles. The normalized spacial score (nSPS) is 17.1. The smallest absolute Gasteiger partial charge is 0.318 e. The van der Waals surface area contributed by atoms with Crippen LogP contribution in [-0.2, 0) is 11.2 Å². The SMILES string of the molecule is C[C@H](Sc1n[nH]c(CC2CCCC2)n1)C(=O)NC(N)=O. The van der Waals surface area contributed by atoms with Crippen molar-refractivity contribution in [3.05, 3.63) is 5.82 Å². The second kappa shape index (κ2) is 6.74. The van der Waals surface area contributed by atoms with Crippen molar-refractivity contribution < 1.29 is 9.59 Å². The number of imide groups is 1. The van der Waals surface area contributed by atoms with E-state index in [0.29, 0.717) is 11.1 Å². The molecule has 1 fully saturated rings. The highest BCUT2D eigenvalue weighted by atomic mass is 32.2. The zero-order valence-corrected chi connectivity index (χ0v) is 12.2. The molecule has 8 heteroatoms. The lowest BCUT2D eigenvalue weighted by atomic mass is 10.0. The molecule has 1 aliphatic carbocycles. The van der Waals surface area contributed by atoms with Gasteiger partial charge in [-0.05, 0) is 12.8 Å². The van der Waals surface area contributed by atoms with Gasteiger partial charge in [0.2, 0.25) is 11.1 Å². The molecule has 0 aromatic carbocycles. The van der Waals surface area contributed by atoms with Crippen molar-refractivity contribution in [2.45, 2.75) is 49.4 Å². The van der Waals surface area contributed by atoms with Crippen molar-refractivity contribution in [3.63, 3.8) is 0 Å². The van der Waals surface area contributed by atoms with Gasteiger partial charge >= 0.3 is 6.03 Å². The van der Waals surface area contributed by atoms with E-state index < -0.39 is 17.2 Å². The number of aromatic nitrogens is 3. The van der Waals surface area contributed by atoms with Crippen LogP contribution in [0.25, 0.3) is 0 Å². The average Bonchev–Trinajstić information content (AvgIpc) is 3.01. The Morgan fingerprint density at radius 3 is 2.85 bits per heavy atom. The predicted octanol–water partition coefficient (Wildman–Crippen LogP) is 1.21. The van der Waals surface area contributed by atoms with E-state index >= 15 is 0 Å². The molecular weight excluding hydrogens is 278 g/mol. The lowest BCUT2D eigenvalue weighted by Crippen LogP contribution is -2.39. The molecule has 4 N–H and O–H groups in total. The summed E-state index contributed by atoms with van der Waals surface area (Å²) in [5.74, 6) is 1.11. The van der Waals surface area contributed by atoms with Crippen LogP contribution in [0.4, 0.5) is 4.79 Å². The molecule has 110 valence electrons.